The highest BCUT2D eigenvalue weighted by atomic mass is 16.5. The second kappa shape index (κ2) is 5.18. The summed E-state index contributed by atoms with van der Waals surface area (Å²) in [4.78, 5) is 4.18. The van der Waals surface area contributed by atoms with Crippen molar-refractivity contribution in [3.63, 3.8) is 0 Å². The zero-order valence-corrected chi connectivity index (χ0v) is 10.9. The number of ether oxygens (including phenoxy) is 1. The minimum Gasteiger partial charge on any atom is -0.493 e. The van der Waals surface area contributed by atoms with Gasteiger partial charge in [0, 0.05) is 18.4 Å². The summed E-state index contributed by atoms with van der Waals surface area (Å²) in [6.45, 7) is 4.74. The van der Waals surface area contributed by atoms with Crippen LogP contribution in [0.25, 0.3) is 0 Å². The van der Waals surface area contributed by atoms with Crippen molar-refractivity contribution < 1.29 is 4.74 Å². The molecule has 0 amide bonds. The Morgan fingerprint density at radius 2 is 2.28 bits per heavy atom. The van der Waals surface area contributed by atoms with Crippen molar-refractivity contribution >= 4 is 0 Å². The molecule has 0 aliphatic heterocycles. The van der Waals surface area contributed by atoms with Crippen molar-refractivity contribution in [1.29, 1.82) is 0 Å². The molecule has 96 valence electrons. The Balaban J connectivity index is 2.44. The molecule has 0 bridgehead atoms. The van der Waals surface area contributed by atoms with Crippen LogP contribution in [0.1, 0.15) is 29.9 Å². The summed E-state index contributed by atoms with van der Waals surface area (Å²) in [5.74, 6) is 0.721. The summed E-state index contributed by atoms with van der Waals surface area (Å²) in [7, 11) is 1.63. The first-order chi connectivity index (χ1) is 8.67. The van der Waals surface area contributed by atoms with Gasteiger partial charge < -0.3 is 10.5 Å². The molecule has 2 rings (SSSR count). The van der Waals surface area contributed by atoms with E-state index in [4.69, 9.17) is 10.5 Å². The first-order valence-electron chi connectivity index (χ1n) is 5.95. The van der Waals surface area contributed by atoms with Crippen molar-refractivity contribution in [2.24, 2.45) is 5.73 Å². The molecule has 2 aromatic heterocycles. The van der Waals surface area contributed by atoms with Gasteiger partial charge in [-0.05, 0) is 31.5 Å². The molecule has 0 aliphatic carbocycles. The average Bonchev–Trinajstić information content (AvgIpc) is 2.80. The second-order valence-corrected chi connectivity index (χ2v) is 4.12. The van der Waals surface area contributed by atoms with Crippen LogP contribution in [0.5, 0.6) is 5.75 Å². The molecule has 0 saturated heterocycles. The molecule has 0 saturated carbocycles. The molecular weight excluding hydrogens is 228 g/mol. The summed E-state index contributed by atoms with van der Waals surface area (Å²) in [5, 5.41) is 4.27. The Morgan fingerprint density at radius 3 is 2.89 bits per heavy atom. The summed E-state index contributed by atoms with van der Waals surface area (Å²) < 4.78 is 7.18. The number of nitrogens with two attached hydrogens (primary N) is 1. The zero-order chi connectivity index (χ0) is 13.1. The maximum Gasteiger partial charge on any atom is 0.161 e. The van der Waals surface area contributed by atoms with Crippen molar-refractivity contribution in [2.75, 3.05) is 7.11 Å². The van der Waals surface area contributed by atoms with Gasteiger partial charge in [0.2, 0.25) is 0 Å². The standard InChI is InChI=1S/C13H18N4O/c1-4-17-13(11(18-3)8-16-17)12(14)10-5-6-15-9(2)7-10/h5-8,12H,4,14H2,1-3H3. The van der Waals surface area contributed by atoms with Crippen molar-refractivity contribution in [3.8, 4) is 5.75 Å². The van der Waals surface area contributed by atoms with Gasteiger partial charge in [-0.1, -0.05) is 0 Å². The van der Waals surface area contributed by atoms with Gasteiger partial charge in [0.15, 0.2) is 5.75 Å². The van der Waals surface area contributed by atoms with E-state index in [1.165, 1.54) is 0 Å². The fourth-order valence-corrected chi connectivity index (χ4v) is 2.02. The Morgan fingerprint density at radius 1 is 1.50 bits per heavy atom. The van der Waals surface area contributed by atoms with E-state index in [1.54, 1.807) is 19.5 Å². The molecule has 0 spiro atoms. The number of nitrogens with zero attached hydrogens (tertiary/aromatic N) is 3. The summed E-state index contributed by atoms with van der Waals surface area (Å²) in [6.07, 6.45) is 3.47. The third-order valence-corrected chi connectivity index (χ3v) is 2.94. The van der Waals surface area contributed by atoms with Gasteiger partial charge in [-0.3, -0.25) is 9.67 Å². The van der Waals surface area contributed by atoms with E-state index in [0.717, 1.165) is 29.2 Å². The highest BCUT2D eigenvalue weighted by Crippen LogP contribution is 2.28. The lowest BCUT2D eigenvalue weighted by Gasteiger charge is -2.15. The quantitative estimate of drug-likeness (QED) is 0.891. The largest absolute Gasteiger partial charge is 0.493 e. The molecule has 18 heavy (non-hydrogen) atoms. The minimum absolute atomic E-state index is 0.260. The molecule has 1 unspecified atom stereocenters. The topological polar surface area (TPSA) is 66.0 Å². The monoisotopic (exact) mass is 246 g/mol. The van der Waals surface area contributed by atoms with Gasteiger partial charge in [0.1, 0.15) is 5.69 Å². The molecule has 0 radical (unpaired) electrons. The SMILES string of the molecule is CCn1ncc(OC)c1C(N)c1ccnc(C)c1. The average molecular weight is 246 g/mol. The number of pyridine rings is 1. The molecule has 0 aromatic carbocycles. The number of aromatic nitrogens is 3. The number of methoxy groups -OCH3 is 1. The van der Waals surface area contributed by atoms with Crippen LogP contribution in [0.15, 0.2) is 24.5 Å². The number of hydrogen-bond acceptors (Lipinski definition) is 4. The smallest absolute Gasteiger partial charge is 0.161 e. The van der Waals surface area contributed by atoms with Gasteiger partial charge >= 0.3 is 0 Å². The van der Waals surface area contributed by atoms with E-state index >= 15 is 0 Å². The van der Waals surface area contributed by atoms with Crippen LogP contribution in [0.4, 0.5) is 0 Å². The highest BCUT2D eigenvalue weighted by molar-refractivity contribution is 5.36. The van der Waals surface area contributed by atoms with Gasteiger partial charge in [-0.15, -0.1) is 0 Å². The van der Waals surface area contributed by atoms with Crippen LogP contribution >= 0.6 is 0 Å². The lowest BCUT2D eigenvalue weighted by atomic mass is 10.0. The molecular formula is C13H18N4O. The lowest BCUT2D eigenvalue weighted by molar-refractivity contribution is 0.404. The van der Waals surface area contributed by atoms with Gasteiger partial charge in [0.25, 0.3) is 0 Å². The number of aryl methyl sites for hydroxylation is 2. The van der Waals surface area contributed by atoms with Crippen LogP contribution in [0.3, 0.4) is 0 Å². The van der Waals surface area contributed by atoms with Gasteiger partial charge in [-0.2, -0.15) is 5.10 Å². The number of rotatable bonds is 4. The van der Waals surface area contributed by atoms with E-state index in [-0.39, 0.29) is 6.04 Å². The molecule has 0 fully saturated rings. The Hall–Kier alpha value is -1.88. The Kier molecular flexibility index (Phi) is 3.62. The predicted octanol–water partition coefficient (Wildman–Crippen LogP) is 1.66. The van der Waals surface area contributed by atoms with Crippen molar-refractivity contribution in [1.82, 2.24) is 14.8 Å². The highest BCUT2D eigenvalue weighted by Gasteiger charge is 2.19. The first-order valence-corrected chi connectivity index (χ1v) is 5.95. The van der Waals surface area contributed by atoms with Crippen LogP contribution in [-0.2, 0) is 6.54 Å². The van der Waals surface area contributed by atoms with Gasteiger partial charge in [-0.25, -0.2) is 0 Å². The van der Waals surface area contributed by atoms with Gasteiger partial charge in [0.05, 0.1) is 19.3 Å². The fourth-order valence-electron chi connectivity index (χ4n) is 2.02. The molecule has 0 aliphatic rings. The molecule has 5 heteroatoms. The van der Waals surface area contributed by atoms with E-state index in [1.807, 2.05) is 30.7 Å². The normalized spacial score (nSPS) is 12.4. The minimum atomic E-state index is -0.260. The third-order valence-electron chi connectivity index (χ3n) is 2.94. The Bertz CT molecular complexity index is 514. The number of hydrogen-bond donors (Lipinski definition) is 1. The Labute approximate surface area is 107 Å². The summed E-state index contributed by atoms with van der Waals surface area (Å²) in [6, 6.07) is 3.64. The first kappa shape index (κ1) is 12.6. The van der Waals surface area contributed by atoms with E-state index in [0.29, 0.717) is 0 Å². The summed E-state index contributed by atoms with van der Waals surface area (Å²) in [5.41, 5.74) is 9.17. The van der Waals surface area contributed by atoms with Crippen LogP contribution < -0.4 is 10.5 Å². The predicted molar refractivity (Wildman–Crippen MR) is 69.5 cm³/mol. The molecule has 5 nitrogen and oxygen atoms in total. The molecule has 2 heterocycles. The van der Waals surface area contributed by atoms with Crippen molar-refractivity contribution in [2.45, 2.75) is 26.4 Å². The van der Waals surface area contributed by atoms with E-state index in [2.05, 4.69) is 10.1 Å². The maximum absolute atomic E-state index is 6.31. The summed E-state index contributed by atoms with van der Waals surface area (Å²) >= 11 is 0. The fraction of sp³-hybridized carbons (Fsp3) is 0.385. The van der Waals surface area contributed by atoms with Crippen LogP contribution in [-0.4, -0.2) is 21.9 Å². The molecule has 1 atom stereocenters. The van der Waals surface area contributed by atoms with E-state index < -0.39 is 0 Å². The third kappa shape index (κ3) is 2.22. The molecule has 2 N–H and O–H groups in total. The second-order valence-electron chi connectivity index (χ2n) is 4.12. The maximum atomic E-state index is 6.31. The van der Waals surface area contributed by atoms with Crippen LogP contribution in [0, 0.1) is 6.92 Å². The zero-order valence-electron chi connectivity index (χ0n) is 10.9. The van der Waals surface area contributed by atoms with Crippen LogP contribution in [0.2, 0.25) is 0 Å². The van der Waals surface area contributed by atoms with E-state index in [9.17, 15) is 0 Å². The van der Waals surface area contributed by atoms with Crippen molar-refractivity contribution in [3.05, 3.63) is 41.5 Å². The molecule has 2 aromatic rings. The lowest BCUT2D eigenvalue weighted by Crippen LogP contribution is -2.18.